The lowest BCUT2D eigenvalue weighted by atomic mass is 10.1. The quantitative estimate of drug-likeness (QED) is 0.640. The predicted molar refractivity (Wildman–Crippen MR) is 71.2 cm³/mol. The van der Waals surface area contributed by atoms with Crippen LogP contribution in [0.5, 0.6) is 5.75 Å². The first-order valence-electron chi connectivity index (χ1n) is 5.97. The van der Waals surface area contributed by atoms with Crippen LogP contribution in [0.3, 0.4) is 0 Å². The molecule has 1 aromatic carbocycles. The zero-order valence-electron chi connectivity index (χ0n) is 10.9. The summed E-state index contributed by atoms with van der Waals surface area (Å²) < 4.78 is 5.09. The average molecular weight is 265 g/mol. The van der Waals surface area contributed by atoms with Gasteiger partial charge in [-0.1, -0.05) is 12.1 Å². The molecule has 1 atom stereocenters. The predicted octanol–water partition coefficient (Wildman–Crippen LogP) is -0.0958. The largest absolute Gasteiger partial charge is 0.497 e. The summed E-state index contributed by atoms with van der Waals surface area (Å²) in [7, 11) is 1.59. The standard InChI is InChI=1S/C13H19N3O3/c1-19-10-4-2-3-9(7-10)8-16-12(17)6-5-11(14)13(15)18/h2-4,7,11H,5-6,8,14H2,1H3,(H2,15,18)(H,16,17)/t11-/m0/s1. The number of methoxy groups -OCH3 is 1. The normalized spacial score (nSPS) is 11.7. The number of amides is 2. The van der Waals surface area contributed by atoms with Gasteiger partial charge in [0.25, 0.3) is 0 Å². The molecule has 1 aromatic rings. The Kier molecular flexibility index (Phi) is 5.81. The average Bonchev–Trinajstić information content (AvgIpc) is 2.42. The van der Waals surface area contributed by atoms with Gasteiger partial charge in [-0.05, 0) is 24.1 Å². The van der Waals surface area contributed by atoms with Crippen molar-refractivity contribution in [2.45, 2.75) is 25.4 Å². The van der Waals surface area contributed by atoms with Crippen LogP contribution >= 0.6 is 0 Å². The minimum atomic E-state index is -0.775. The molecule has 0 saturated heterocycles. The van der Waals surface area contributed by atoms with Crippen molar-refractivity contribution >= 4 is 11.8 Å². The Morgan fingerprint density at radius 2 is 2.16 bits per heavy atom. The molecule has 0 aliphatic carbocycles. The van der Waals surface area contributed by atoms with Crippen LogP contribution in [0.25, 0.3) is 0 Å². The number of carbonyl (C=O) groups is 2. The lowest BCUT2D eigenvalue weighted by Gasteiger charge is -2.09. The molecule has 5 N–H and O–H groups in total. The van der Waals surface area contributed by atoms with Crippen molar-refractivity contribution in [2.75, 3.05) is 7.11 Å². The number of carbonyl (C=O) groups excluding carboxylic acids is 2. The molecular weight excluding hydrogens is 246 g/mol. The van der Waals surface area contributed by atoms with Crippen molar-refractivity contribution in [2.24, 2.45) is 11.5 Å². The topological polar surface area (TPSA) is 107 Å². The fraction of sp³-hybridized carbons (Fsp3) is 0.385. The highest BCUT2D eigenvalue weighted by atomic mass is 16.5. The number of primary amides is 1. The van der Waals surface area contributed by atoms with Gasteiger partial charge in [0.1, 0.15) is 5.75 Å². The molecule has 0 aromatic heterocycles. The second-order valence-electron chi connectivity index (χ2n) is 4.18. The van der Waals surface area contributed by atoms with E-state index < -0.39 is 11.9 Å². The second-order valence-corrected chi connectivity index (χ2v) is 4.18. The van der Waals surface area contributed by atoms with Crippen LogP contribution in [-0.4, -0.2) is 25.0 Å². The van der Waals surface area contributed by atoms with E-state index in [1.165, 1.54) is 0 Å². The highest BCUT2D eigenvalue weighted by Crippen LogP contribution is 2.12. The molecule has 2 amide bonds. The molecule has 0 bridgehead atoms. The van der Waals surface area contributed by atoms with E-state index in [9.17, 15) is 9.59 Å². The lowest BCUT2D eigenvalue weighted by Crippen LogP contribution is -2.37. The van der Waals surface area contributed by atoms with Gasteiger partial charge in [-0.3, -0.25) is 9.59 Å². The van der Waals surface area contributed by atoms with Crippen molar-refractivity contribution < 1.29 is 14.3 Å². The molecule has 0 unspecified atom stereocenters. The summed E-state index contributed by atoms with van der Waals surface area (Å²) in [5.74, 6) is -0.0254. The number of hydrogen-bond donors (Lipinski definition) is 3. The van der Waals surface area contributed by atoms with Crippen LogP contribution < -0.4 is 21.5 Å². The summed E-state index contributed by atoms with van der Waals surface area (Å²) in [6.07, 6.45) is 0.424. The van der Waals surface area contributed by atoms with E-state index in [2.05, 4.69) is 5.32 Å². The van der Waals surface area contributed by atoms with Crippen LogP contribution in [0.15, 0.2) is 24.3 Å². The Balaban J connectivity index is 2.35. The maximum absolute atomic E-state index is 11.5. The third-order valence-electron chi connectivity index (χ3n) is 2.67. The van der Waals surface area contributed by atoms with Crippen molar-refractivity contribution in [3.63, 3.8) is 0 Å². The van der Waals surface area contributed by atoms with Crippen molar-refractivity contribution in [1.82, 2.24) is 5.32 Å². The van der Waals surface area contributed by atoms with Gasteiger partial charge in [-0.25, -0.2) is 0 Å². The van der Waals surface area contributed by atoms with Gasteiger partial charge in [0.2, 0.25) is 11.8 Å². The second kappa shape index (κ2) is 7.38. The van der Waals surface area contributed by atoms with E-state index in [0.717, 1.165) is 11.3 Å². The van der Waals surface area contributed by atoms with E-state index in [4.69, 9.17) is 16.2 Å². The Hall–Kier alpha value is -2.08. The summed E-state index contributed by atoms with van der Waals surface area (Å²) >= 11 is 0. The molecule has 19 heavy (non-hydrogen) atoms. The number of ether oxygens (including phenoxy) is 1. The molecule has 0 spiro atoms. The summed E-state index contributed by atoms with van der Waals surface area (Å²) in [6, 6.07) is 6.64. The number of benzene rings is 1. The Labute approximate surface area is 112 Å². The Bertz CT molecular complexity index is 449. The lowest BCUT2D eigenvalue weighted by molar-refractivity contribution is -0.122. The van der Waals surface area contributed by atoms with Crippen molar-refractivity contribution in [3.8, 4) is 5.75 Å². The highest BCUT2D eigenvalue weighted by molar-refractivity contribution is 5.81. The molecule has 0 aliphatic rings. The van der Waals surface area contributed by atoms with E-state index in [1.807, 2.05) is 24.3 Å². The van der Waals surface area contributed by atoms with Crippen LogP contribution in [0.2, 0.25) is 0 Å². The van der Waals surface area contributed by atoms with Gasteiger partial charge in [0, 0.05) is 13.0 Å². The maximum atomic E-state index is 11.5. The van der Waals surface area contributed by atoms with E-state index in [1.54, 1.807) is 7.11 Å². The third kappa shape index (κ3) is 5.39. The molecule has 0 saturated carbocycles. The summed E-state index contributed by atoms with van der Waals surface area (Å²) in [4.78, 5) is 22.3. The smallest absolute Gasteiger partial charge is 0.234 e. The zero-order chi connectivity index (χ0) is 14.3. The first-order valence-corrected chi connectivity index (χ1v) is 5.97. The molecule has 6 heteroatoms. The maximum Gasteiger partial charge on any atom is 0.234 e. The molecule has 1 rings (SSSR count). The molecule has 0 heterocycles. The van der Waals surface area contributed by atoms with Crippen molar-refractivity contribution in [1.29, 1.82) is 0 Å². The molecule has 104 valence electrons. The Morgan fingerprint density at radius 3 is 2.79 bits per heavy atom. The number of nitrogens with one attached hydrogen (secondary N) is 1. The van der Waals surface area contributed by atoms with Gasteiger partial charge in [0.05, 0.1) is 13.2 Å². The van der Waals surface area contributed by atoms with Crippen molar-refractivity contribution in [3.05, 3.63) is 29.8 Å². The molecule has 0 fully saturated rings. The fourth-order valence-electron chi connectivity index (χ4n) is 1.50. The molecule has 0 aliphatic heterocycles. The monoisotopic (exact) mass is 265 g/mol. The minimum absolute atomic E-state index is 0.167. The third-order valence-corrected chi connectivity index (χ3v) is 2.67. The first kappa shape index (κ1) is 15.0. The van der Waals surface area contributed by atoms with Gasteiger partial charge in [-0.2, -0.15) is 0 Å². The molecule has 6 nitrogen and oxygen atoms in total. The van der Waals surface area contributed by atoms with E-state index in [0.29, 0.717) is 6.54 Å². The first-order chi connectivity index (χ1) is 9.02. The van der Waals surface area contributed by atoms with Gasteiger partial charge in [0.15, 0.2) is 0 Å². The molecule has 0 radical (unpaired) electrons. The number of nitrogens with two attached hydrogens (primary N) is 2. The van der Waals surface area contributed by atoms with Gasteiger partial charge >= 0.3 is 0 Å². The van der Waals surface area contributed by atoms with Crippen LogP contribution in [-0.2, 0) is 16.1 Å². The van der Waals surface area contributed by atoms with E-state index in [-0.39, 0.29) is 18.7 Å². The van der Waals surface area contributed by atoms with Gasteiger partial charge < -0.3 is 21.5 Å². The minimum Gasteiger partial charge on any atom is -0.497 e. The summed E-state index contributed by atoms with van der Waals surface area (Å²) in [5.41, 5.74) is 11.4. The van der Waals surface area contributed by atoms with E-state index >= 15 is 0 Å². The van der Waals surface area contributed by atoms with Crippen LogP contribution in [0, 0.1) is 0 Å². The fourth-order valence-corrected chi connectivity index (χ4v) is 1.50. The zero-order valence-corrected chi connectivity index (χ0v) is 10.9. The Morgan fingerprint density at radius 1 is 1.42 bits per heavy atom. The molecular formula is C13H19N3O3. The SMILES string of the molecule is COc1cccc(CNC(=O)CC[C@H](N)C(N)=O)c1. The van der Waals surface area contributed by atoms with Crippen LogP contribution in [0.1, 0.15) is 18.4 Å². The summed E-state index contributed by atoms with van der Waals surface area (Å²) in [5, 5.41) is 2.74. The number of hydrogen-bond acceptors (Lipinski definition) is 4. The highest BCUT2D eigenvalue weighted by Gasteiger charge is 2.11. The summed E-state index contributed by atoms with van der Waals surface area (Å²) in [6.45, 7) is 0.405. The number of rotatable bonds is 7. The van der Waals surface area contributed by atoms with Crippen LogP contribution in [0.4, 0.5) is 0 Å². The van der Waals surface area contributed by atoms with Gasteiger partial charge in [-0.15, -0.1) is 0 Å².